The summed E-state index contributed by atoms with van der Waals surface area (Å²) in [6, 6.07) is 12.4. The van der Waals surface area contributed by atoms with Crippen LogP contribution < -0.4 is 0 Å². The Balaban J connectivity index is 2.08. The predicted octanol–water partition coefficient (Wildman–Crippen LogP) is 2.62. The number of carbonyl (C=O) groups is 2. The summed E-state index contributed by atoms with van der Waals surface area (Å²) in [4.78, 5) is 29.6. The topological polar surface area (TPSA) is 98.2 Å². The molecule has 0 saturated carbocycles. The summed E-state index contributed by atoms with van der Waals surface area (Å²) in [6.45, 7) is 3.05. The molecule has 9 heteroatoms. The van der Waals surface area contributed by atoms with Crippen LogP contribution in [-0.2, 0) is 19.6 Å². The minimum atomic E-state index is -3.64. The molecule has 0 aliphatic carbocycles. The van der Waals surface area contributed by atoms with Crippen molar-refractivity contribution in [1.82, 2.24) is 14.1 Å². The molecule has 1 aliphatic heterocycles. The van der Waals surface area contributed by atoms with Crippen LogP contribution in [0.1, 0.15) is 29.2 Å². The van der Waals surface area contributed by atoms with Gasteiger partial charge in [0.1, 0.15) is 5.76 Å². The molecule has 8 nitrogen and oxygen atoms in total. The van der Waals surface area contributed by atoms with E-state index in [4.69, 9.17) is 0 Å². The SMILES string of the molecule is Cc1ccc([C@@H]2/C(=C(\O)c3ccc(S(=O)(=O)N(C)C)cc3)C(=O)C(=O)N2CCCN(C)C)cc1. The van der Waals surface area contributed by atoms with Gasteiger partial charge in [-0.25, -0.2) is 12.7 Å². The lowest BCUT2D eigenvalue weighted by atomic mass is 9.94. The molecule has 1 aliphatic rings. The van der Waals surface area contributed by atoms with Crippen molar-refractivity contribution in [2.75, 3.05) is 41.3 Å². The number of hydrogen-bond acceptors (Lipinski definition) is 6. The van der Waals surface area contributed by atoms with Gasteiger partial charge in [0.2, 0.25) is 10.0 Å². The van der Waals surface area contributed by atoms with Crippen molar-refractivity contribution >= 4 is 27.5 Å². The summed E-state index contributed by atoms with van der Waals surface area (Å²) in [7, 11) is 3.10. The number of hydrogen-bond donors (Lipinski definition) is 1. The molecule has 0 bridgehead atoms. The number of rotatable bonds is 8. The molecule has 3 rings (SSSR count). The summed E-state index contributed by atoms with van der Waals surface area (Å²) in [5.41, 5.74) is 2.03. The molecule has 2 aromatic rings. The van der Waals surface area contributed by atoms with Crippen molar-refractivity contribution < 1.29 is 23.1 Å². The lowest BCUT2D eigenvalue weighted by molar-refractivity contribution is -0.139. The van der Waals surface area contributed by atoms with Crippen molar-refractivity contribution in [2.45, 2.75) is 24.3 Å². The van der Waals surface area contributed by atoms with Crippen LogP contribution in [-0.4, -0.2) is 80.6 Å². The summed E-state index contributed by atoms with van der Waals surface area (Å²) in [5.74, 6) is -1.73. The number of ketones is 1. The van der Waals surface area contributed by atoms with Gasteiger partial charge in [0, 0.05) is 26.2 Å². The van der Waals surface area contributed by atoms with Crippen LogP contribution in [0, 0.1) is 6.92 Å². The molecular weight excluding hydrogens is 454 g/mol. The highest BCUT2D eigenvalue weighted by molar-refractivity contribution is 7.89. The molecular formula is C25H31N3O5S. The molecule has 0 radical (unpaired) electrons. The highest BCUT2D eigenvalue weighted by atomic mass is 32.2. The first kappa shape index (κ1) is 25.6. The number of carbonyl (C=O) groups excluding carboxylic acids is 2. The first-order chi connectivity index (χ1) is 15.9. The van der Waals surface area contributed by atoms with E-state index in [1.165, 1.54) is 43.3 Å². The molecule has 0 aromatic heterocycles. The number of benzene rings is 2. The smallest absolute Gasteiger partial charge is 0.295 e. The fourth-order valence-corrected chi connectivity index (χ4v) is 4.82. The molecule has 1 saturated heterocycles. The van der Waals surface area contributed by atoms with Gasteiger partial charge in [0.15, 0.2) is 0 Å². The van der Waals surface area contributed by atoms with E-state index < -0.39 is 27.8 Å². The number of nitrogens with zero attached hydrogens (tertiary/aromatic N) is 3. The predicted molar refractivity (Wildman–Crippen MR) is 131 cm³/mol. The molecule has 1 atom stereocenters. The molecule has 1 heterocycles. The second-order valence-corrected chi connectivity index (χ2v) is 11.0. The van der Waals surface area contributed by atoms with Crippen LogP contribution >= 0.6 is 0 Å². The fraction of sp³-hybridized carbons (Fsp3) is 0.360. The maximum atomic E-state index is 13.1. The van der Waals surface area contributed by atoms with E-state index in [1.807, 2.05) is 50.2 Å². The van der Waals surface area contributed by atoms with Gasteiger partial charge in [0.05, 0.1) is 16.5 Å². The zero-order chi connectivity index (χ0) is 25.2. The van der Waals surface area contributed by atoms with Crippen molar-refractivity contribution in [3.8, 4) is 0 Å². The minimum absolute atomic E-state index is 0.00178. The summed E-state index contributed by atoms with van der Waals surface area (Å²) >= 11 is 0. The van der Waals surface area contributed by atoms with Gasteiger partial charge in [-0.15, -0.1) is 0 Å². The van der Waals surface area contributed by atoms with E-state index in [0.29, 0.717) is 13.0 Å². The van der Waals surface area contributed by atoms with Gasteiger partial charge in [-0.1, -0.05) is 29.8 Å². The average Bonchev–Trinajstić information content (AvgIpc) is 3.04. The Labute approximate surface area is 201 Å². The van der Waals surface area contributed by atoms with Crippen LogP contribution in [0.25, 0.3) is 5.76 Å². The lowest BCUT2D eigenvalue weighted by Gasteiger charge is -2.26. The van der Waals surface area contributed by atoms with E-state index in [0.717, 1.165) is 22.0 Å². The fourth-order valence-electron chi connectivity index (χ4n) is 3.91. The van der Waals surface area contributed by atoms with Crippen LogP contribution in [0.4, 0.5) is 0 Å². The van der Waals surface area contributed by atoms with Crippen molar-refractivity contribution in [3.05, 3.63) is 70.8 Å². The summed E-state index contributed by atoms with van der Waals surface area (Å²) in [5, 5.41) is 11.1. The number of amides is 1. The third-order valence-electron chi connectivity index (χ3n) is 5.84. The Morgan fingerprint density at radius 1 is 0.971 bits per heavy atom. The Morgan fingerprint density at radius 3 is 2.09 bits per heavy atom. The van der Waals surface area contributed by atoms with E-state index >= 15 is 0 Å². The van der Waals surface area contributed by atoms with Gasteiger partial charge < -0.3 is 14.9 Å². The number of likely N-dealkylation sites (tertiary alicyclic amines) is 1. The van der Waals surface area contributed by atoms with Crippen molar-refractivity contribution in [3.63, 3.8) is 0 Å². The monoisotopic (exact) mass is 485 g/mol. The molecule has 182 valence electrons. The standard InChI is InChI=1S/C25H31N3O5S/c1-17-7-9-18(10-8-17)22-21(24(30)25(31)28(22)16-6-15-26(2)3)23(29)19-11-13-20(14-12-19)34(32,33)27(4)5/h7-14,22,29H,6,15-16H2,1-5H3/b23-21+/t22-/m1/s1. The molecule has 1 amide bonds. The highest BCUT2D eigenvalue weighted by Gasteiger charge is 2.45. The Hall–Kier alpha value is -3.01. The average molecular weight is 486 g/mol. The van der Waals surface area contributed by atoms with E-state index in [2.05, 4.69) is 0 Å². The van der Waals surface area contributed by atoms with E-state index in [1.54, 1.807) is 0 Å². The first-order valence-corrected chi connectivity index (χ1v) is 12.4. The maximum Gasteiger partial charge on any atom is 0.295 e. The van der Waals surface area contributed by atoms with Crippen molar-refractivity contribution in [1.29, 1.82) is 0 Å². The second kappa shape index (κ2) is 10.1. The van der Waals surface area contributed by atoms with Crippen LogP contribution in [0.5, 0.6) is 0 Å². The van der Waals surface area contributed by atoms with Crippen LogP contribution in [0.2, 0.25) is 0 Å². The van der Waals surface area contributed by atoms with Gasteiger partial charge in [-0.2, -0.15) is 0 Å². The third-order valence-corrected chi connectivity index (χ3v) is 7.67. The number of aliphatic hydroxyl groups is 1. The van der Waals surface area contributed by atoms with Crippen LogP contribution in [0.15, 0.2) is 59.0 Å². The van der Waals surface area contributed by atoms with Gasteiger partial charge >= 0.3 is 0 Å². The number of aryl methyl sites for hydroxylation is 1. The Morgan fingerprint density at radius 2 is 1.56 bits per heavy atom. The molecule has 1 fully saturated rings. The minimum Gasteiger partial charge on any atom is -0.507 e. The van der Waals surface area contributed by atoms with E-state index in [9.17, 15) is 23.1 Å². The molecule has 0 unspecified atom stereocenters. The lowest BCUT2D eigenvalue weighted by Crippen LogP contribution is -2.32. The molecule has 2 aromatic carbocycles. The molecule has 34 heavy (non-hydrogen) atoms. The molecule has 0 spiro atoms. The van der Waals surface area contributed by atoms with Gasteiger partial charge in [-0.05, 0) is 63.8 Å². The number of Topliss-reactive ketones (excluding diaryl/α,β-unsaturated/α-hetero) is 1. The number of aliphatic hydroxyl groups excluding tert-OH is 1. The highest BCUT2D eigenvalue weighted by Crippen LogP contribution is 2.39. The zero-order valence-electron chi connectivity index (χ0n) is 20.1. The molecule has 1 N–H and O–H groups in total. The van der Waals surface area contributed by atoms with E-state index in [-0.39, 0.29) is 21.8 Å². The normalized spacial score (nSPS) is 18.3. The number of sulfonamides is 1. The maximum absolute atomic E-state index is 13.1. The Kier molecular flexibility index (Phi) is 7.60. The Bertz CT molecular complexity index is 1200. The quantitative estimate of drug-likeness (QED) is 0.351. The first-order valence-electron chi connectivity index (χ1n) is 11.0. The third kappa shape index (κ3) is 5.06. The largest absolute Gasteiger partial charge is 0.507 e. The second-order valence-electron chi connectivity index (χ2n) is 8.87. The van der Waals surface area contributed by atoms with Crippen molar-refractivity contribution in [2.24, 2.45) is 0 Å². The zero-order valence-corrected chi connectivity index (χ0v) is 21.0. The van der Waals surface area contributed by atoms with Gasteiger partial charge in [0.25, 0.3) is 11.7 Å². The summed E-state index contributed by atoms with van der Waals surface area (Å²) < 4.78 is 25.8. The summed E-state index contributed by atoms with van der Waals surface area (Å²) in [6.07, 6.45) is 0.666. The van der Waals surface area contributed by atoms with Crippen LogP contribution in [0.3, 0.4) is 0 Å². The van der Waals surface area contributed by atoms with Gasteiger partial charge in [-0.3, -0.25) is 9.59 Å².